The van der Waals surface area contributed by atoms with Gasteiger partial charge in [0.1, 0.15) is 0 Å². The first kappa shape index (κ1) is 15.0. The average molecular weight is 262 g/mol. The van der Waals surface area contributed by atoms with Crippen molar-refractivity contribution in [3.05, 3.63) is 35.9 Å². The van der Waals surface area contributed by atoms with Gasteiger partial charge in [0, 0.05) is 20.6 Å². The predicted octanol–water partition coefficient (Wildman–Crippen LogP) is 0.830. The van der Waals surface area contributed by atoms with E-state index in [0.717, 1.165) is 12.1 Å². The van der Waals surface area contributed by atoms with Crippen LogP contribution in [-0.4, -0.2) is 44.0 Å². The Morgan fingerprint density at radius 3 is 2.47 bits per heavy atom. The Bertz CT molecular complexity index is 415. The van der Waals surface area contributed by atoms with E-state index in [4.69, 9.17) is 0 Å². The molecule has 1 rings (SSSR count). The second kappa shape index (κ2) is 8.13. The number of benzene rings is 1. The molecular formula is C14H22N4O. The Morgan fingerprint density at radius 1 is 1.21 bits per heavy atom. The summed E-state index contributed by atoms with van der Waals surface area (Å²) in [6.07, 6.45) is 0. The molecule has 0 radical (unpaired) electrons. The summed E-state index contributed by atoms with van der Waals surface area (Å²) in [5, 5.41) is 6.13. The van der Waals surface area contributed by atoms with Gasteiger partial charge in [-0.1, -0.05) is 30.3 Å². The van der Waals surface area contributed by atoms with Crippen molar-refractivity contribution in [1.29, 1.82) is 0 Å². The van der Waals surface area contributed by atoms with Gasteiger partial charge in [0.15, 0.2) is 5.96 Å². The fourth-order valence-electron chi connectivity index (χ4n) is 1.41. The number of nitrogens with one attached hydrogen (secondary N) is 2. The van der Waals surface area contributed by atoms with Crippen molar-refractivity contribution in [2.45, 2.75) is 13.5 Å². The van der Waals surface area contributed by atoms with Gasteiger partial charge < -0.3 is 15.5 Å². The molecule has 2 N–H and O–H groups in total. The van der Waals surface area contributed by atoms with Gasteiger partial charge in [0.2, 0.25) is 5.91 Å². The van der Waals surface area contributed by atoms with Crippen molar-refractivity contribution in [1.82, 2.24) is 15.5 Å². The minimum atomic E-state index is 0.0188. The molecule has 0 aliphatic heterocycles. The minimum absolute atomic E-state index is 0.0188. The zero-order chi connectivity index (χ0) is 14.1. The summed E-state index contributed by atoms with van der Waals surface area (Å²) in [5.74, 6) is 0.673. The van der Waals surface area contributed by atoms with Gasteiger partial charge in [-0.05, 0) is 12.5 Å². The van der Waals surface area contributed by atoms with E-state index in [0.29, 0.717) is 12.5 Å². The normalized spacial score (nSPS) is 11.0. The number of carbonyl (C=O) groups is 1. The van der Waals surface area contributed by atoms with Crippen molar-refractivity contribution in [3.8, 4) is 0 Å². The van der Waals surface area contributed by atoms with Crippen LogP contribution in [0.5, 0.6) is 0 Å². The molecule has 0 aliphatic carbocycles. The Balaban J connectivity index is 2.54. The number of aliphatic imine (C=N–C) groups is 1. The number of nitrogens with zero attached hydrogens (tertiary/aromatic N) is 2. The molecule has 0 saturated heterocycles. The molecule has 0 unspecified atom stereocenters. The highest BCUT2D eigenvalue weighted by Crippen LogP contribution is 1.99. The molecule has 19 heavy (non-hydrogen) atoms. The molecule has 0 spiro atoms. The number of rotatable bonds is 5. The summed E-state index contributed by atoms with van der Waals surface area (Å²) in [6, 6.07) is 10.0. The number of guanidine groups is 1. The highest BCUT2D eigenvalue weighted by atomic mass is 16.2. The molecule has 0 saturated carbocycles. The maximum Gasteiger partial charge on any atom is 0.241 e. The smallest absolute Gasteiger partial charge is 0.241 e. The van der Waals surface area contributed by atoms with Crippen LogP contribution in [0.3, 0.4) is 0 Å². The van der Waals surface area contributed by atoms with Crippen molar-refractivity contribution >= 4 is 11.9 Å². The maximum absolute atomic E-state index is 11.5. The summed E-state index contributed by atoms with van der Waals surface area (Å²) >= 11 is 0. The molecule has 5 heteroatoms. The molecule has 0 atom stereocenters. The monoisotopic (exact) mass is 262 g/mol. The van der Waals surface area contributed by atoms with E-state index >= 15 is 0 Å². The van der Waals surface area contributed by atoms with E-state index in [-0.39, 0.29) is 12.5 Å². The van der Waals surface area contributed by atoms with E-state index in [9.17, 15) is 4.79 Å². The fraction of sp³-hybridized carbons (Fsp3) is 0.429. The minimum Gasteiger partial charge on any atom is -0.357 e. The standard InChI is InChI=1S/C14H22N4O/c1-4-15-14(17-11-13(19)18(2)3)16-10-12-8-6-5-7-9-12/h5-9H,4,10-11H2,1-3H3,(H2,15,16,17). The van der Waals surface area contributed by atoms with Gasteiger partial charge in [0.25, 0.3) is 0 Å². The Hall–Kier alpha value is -2.04. The highest BCUT2D eigenvalue weighted by Gasteiger charge is 2.04. The van der Waals surface area contributed by atoms with Gasteiger partial charge in [-0.2, -0.15) is 0 Å². The molecule has 5 nitrogen and oxygen atoms in total. The van der Waals surface area contributed by atoms with Crippen LogP contribution in [0.1, 0.15) is 12.5 Å². The van der Waals surface area contributed by atoms with Crippen LogP contribution in [-0.2, 0) is 11.3 Å². The zero-order valence-corrected chi connectivity index (χ0v) is 11.8. The van der Waals surface area contributed by atoms with Crippen molar-refractivity contribution < 1.29 is 4.79 Å². The number of likely N-dealkylation sites (N-methyl/N-ethyl adjacent to an activating group) is 1. The van der Waals surface area contributed by atoms with Crippen LogP contribution < -0.4 is 10.6 Å². The summed E-state index contributed by atoms with van der Waals surface area (Å²) in [6.45, 7) is 3.59. The topological polar surface area (TPSA) is 56.7 Å². The fourth-order valence-corrected chi connectivity index (χ4v) is 1.41. The van der Waals surface area contributed by atoms with Crippen LogP contribution in [0.4, 0.5) is 0 Å². The molecule has 0 aromatic heterocycles. The highest BCUT2D eigenvalue weighted by molar-refractivity contribution is 5.86. The molecule has 0 aliphatic rings. The van der Waals surface area contributed by atoms with E-state index < -0.39 is 0 Å². The third-order valence-corrected chi connectivity index (χ3v) is 2.51. The largest absolute Gasteiger partial charge is 0.357 e. The number of hydrogen-bond acceptors (Lipinski definition) is 2. The van der Waals surface area contributed by atoms with Crippen LogP contribution in [0, 0.1) is 0 Å². The summed E-state index contributed by atoms with van der Waals surface area (Å²) in [4.78, 5) is 17.5. The Labute approximate surface area is 114 Å². The first-order valence-corrected chi connectivity index (χ1v) is 6.39. The van der Waals surface area contributed by atoms with Gasteiger partial charge in [-0.25, -0.2) is 4.99 Å². The van der Waals surface area contributed by atoms with Gasteiger partial charge in [-0.3, -0.25) is 4.79 Å². The van der Waals surface area contributed by atoms with Crippen molar-refractivity contribution in [2.75, 3.05) is 27.2 Å². The maximum atomic E-state index is 11.5. The van der Waals surface area contributed by atoms with Crippen molar-refractivity contribution in [3.63, 3.8) is 0 Å². The van der Waals surface area contributed by atoms with Crippen LogP contribution in [0.15, 0.2) is 35.3 Å². The van der Waals surface area contributed by atoms with Gasteiger partial charge in [0.05, 0.1) is 13.1 Å². The number of carbonyl (C=O) groups excluding carboxylic acids is 1. The van der Waals surface area contributed by atoms with E-state index in [1.807, 2.05) is 37.3 Å². The molecule has 1 aromatic carbocycles. The predicted molar refractivity (Wildman–Crippen MR) is 78.0 cm³/mol. The third-order valence-electron chi connectivity index (χ3n) is 2.51. The summed E-state index contributed by atoms with van der Waals surface area (Å²) < 4.78 is 0. The van der Waals surface area contributed by atoms with E-state index in [1.54, 1.807) is 19.0 Å². The molecule has 1 amide bonds. The number of hydrogen-bond donors (Lipinski definition) is 2. The average Bonchev–Trinajstić information content (AvgIpc) is 2.42. The van der Waals surface area contributed by atoms with Crippen LogP contribution in [0.25, 0.3) is 0 Å². The lowest BCUT2D eigenvalue weighted by atomic mass is 10.2. The van der Waals surface area contributed by atoms with E-state index in [1.165, 1.54) is 0 Å². The molecule has 0 bridgehead atoms. The quantitative estimate of drug-likeness (QED) is 0.610. The molecular weight excluding hydrogens is 240 g/mol. The lowest BCUT2D eigenvalue weighted by Gasteiger charge is -2.14. The van der Waals surface area contributed by atoms with Gasteiger partial charge in [-0.15, -0.1) is 0 Å². The number of amides is 1. The summed E-state index contributed by atoms with van der Waals surface area (Å²) in [5.41, 5.74) is 1.14. The second-order valence-corrected chi connectivity index (χ2v) is 4.32. The zero-order valence-electron chi connectivity index (χ0n) is 11.8. The Morgan fingerprint density at radius 2 is 1.89 bits per heavy atom. The molecule has 104 valence electrons. The van der Waals surface area contributed by atoms with E-state index in [2.05, 4.69) is 15.6 Å². The Kier molecular flexibility index (Phi) is 6.43. The first-order chi connectivity index (χ1) is 9.13. The van der Waals surface area contributed by atoms with Gasteiger partial charge >= 0.3 is 0 Å². The lowest BCUT2D eigenvalue weighted by molar-refractivity contribution is -0.127. The SMILES string of the molecule is CCNC(=NCc1ccccc1)NCC(=O)N(C)C. The second-order valence-electron chi connectivity index (χ2n) is 4.32. The summed E-state index contributed by atoms with van der Waals surface area (Å²) in [7, 11) is 3.47. The first-order valence-electron chi connectivity index (χ1n) is 6.39. The molecule has 1 aromatic rings. The van der Waals surface area contributed by atoms with Crippen molar-refractivity contribution in [2.24, 2.45) is 4.99 Å². The van der Waals surface area contributed by atoms with Crippen LogP contribution >= 0.6 is 0 Å². The molecule has 0 heterocycles. The molecule has 0 fully saturated rings. The van der Waals surface area contributed by atoms with Crippen LogP contribution in [0.2, 0.25) is 0 Å². The lowest BCUT2D eigenvalue weighted by Crippen LogP contribution is -2.42. The third kappa shape index (κ3) is 5.90.